The lowest BCUT2D eigenvalue weighted by molar-refractivity contribution is -0.147. The number of aliphatic hydroxyl groups excluding tert-OH is 1. The molecular formula is C22H26N2O6S. The van der Waals surface area contributed by atoms with E-state index in [1.807, 2.05) is 0 Å². The molecule has 2 N–H and O–H groups in total. The van der Waals surface area contributed by atoms with E-state index in [1.54, 1.807) is 50.5 Å². The van der Waals surface area contributed by atoms with Crippen molar-refractivity contribution in [1.29, 1.82) is 0 Å². The summed E-state index contributed by atoms with van der Waals surface area (Å²) in [5.41, 5.74) is 1.28. The molecule has 4 rings (SSSR count). The number of hydrogen-bond acceptors (Lipinski definition) is 6. The fraction of sp³-hybridized carbons (Fsp3) is 0.409. The van der Waals surface area contributed by atoms with Crippen LogP contribution in [0.2, 0.25) is 0 Å². The van der Waals surface area contributed by atoms with Crippen LogP contribution in [0, 0.1) is 0 Å². The SMILES string of the molecule is CN(C)C(=O)C[C@@H]1C[C@@H]2c3cc(NS(=O)(=O)c4ccccc4)ccc3O[C@@H]2[C@@H](CO)O1. The van der Waals surface area contributed by atoms with Crippen LogP contribution in [0.5, 0.6) is 5.75 Å². The number of sulfonamides is 1. The number of hydrogen-bond donors (Lipinski definition) is 2. The highest BCUT2D eigenvalue weighted by atomic mass is 32.2. The van der Waals surface area contributed by atoms with Crippen molar-refractivity contribution in [2.24, 2.45) is 0 Å². The van der Waals surface area contributed by atoms with Crippen LogP contribution in [0.15, 0.2) is 53.4 Å². The van der Waals surface area contributed by atoms with Crippen molar-refractivity contribution in [2.75, 3.05) is 25.4 Å². The summed E-state index contributed by atoms with van der Waals surface area (Å²) in [5.74, 6) is 0.477. The van der Waals surface area contributed by atoms with E-state index in [9.17, 15) is 18.3 Å². The molecule has 0 radical (unpaired) electrons. The van der Waals surface area contributed by atoms with Crippen LogP contribution in [-0.4, -0.2) is 63.3 Å². The molecule has 1 fully saturated rings. The van der Waals surface area contributed by atoms with Crippen LogP contribution in [-0.2, 0) is 19.6 Å². The molecule has 9 heteroatoms. The van der Waals surface area contributed by atoms with Crippen LogP contribution < -0.4 is 9.46 Å². The number of anilines is 1. The number of aliphatic hydroxyl groups is 1. The zero-order valence-corrected chi connectivity index (χ0v) is 18.2. The summed E-state index contributed by atoms with van der Waals surface area (Å²) in [5, 5.41) is 9.82. The zero-order valence-electron chi connectivity index (χ0n) is 17.4. The average molecular weight is 447 g/mol. The number of carbonyl (C=O) groups is 1. The highest BCUT2D eigenvalue weighted by Gasteiger charge is 2.46. The molecule has 0 aromatic heterocycles. The van der Waals surface area contributed by atoms with Gasteiger partial charge >= 0.3 is 0 Å². The summed E-state index contributed by atoms with van der Waals surface area (Å²) in [6, 6.07) is 13.3. The minimum absolute atomic E-state index is 0.0522. The molecule has 8 nitrogen and oxygen atoms in total. The zero-order chi connectivity index (χ0) is 22.2. The standard InChI is InChI=1S/C22H26N2O6S/c1-24(2)21(26)12-15-11-18-17-10-14(23-31(27,28)16-6-4-3-5-7-16)8-9-19(17)30-22(18)20(13-25)29-15/h3-10,15,18,20,22-23,25H,11-13H2,1-2H3/t15-,18+,20+,22-/m0/s1. The van der Waals surface area contributed by atoms with Crippen molar-refractivity contribution >= 4 is 21.6 Å². The van der Waals surface area contributed by atoms with Crippen LogP contribution in [0.4, 0.5) is 5.69 Å². The van der Waals surface area contributed by atoms with Gasteiger partial charge in [-0.3, -0.25) is 9.52 Å². The molecule has 31 heavy (non-hydrogen) atoms. The fourth-order valence-corrected chi connectivity index (χ4v) is 5.21. The van der Waals surface area contributed by atoms with Crippen LogP contribution in [0.1, 0.15) is 24.3 Å². The van der Waals surface area contributed by atoms with Crippen LogP contribution >= 0.6 is 0 Å². The number of fused-ring (bicyclic) bond motifs is 3. The lowest BCUT2D eigenvalue weighted by Crippen LogP contribution is -2.47. The van der Waals surface area contributed by atoms with Gasteiger partial charge in [0.25, 0.3) is 10.0 Å². The second-order valence-corrected chi connectivity index (χ2v) is 9.75. The maximum Gasteiger partial charge on any atom is 0.261 e. The predicted molar refractivity (Wildman–Crippen MR) is 115 cm³/mol. The van der Waals surface area contributed by atoms with Gasteiger partial charge in [0.1, 0.15) is 18.0 Å². The Morgan fingerprint density at radius 2 is 1.94 bits per heavy atom. The average Bonchev–Trinajstić information content (AvgIpc) is 3.11. The number of ether oxygens (including phenoxy) is 2. The summed E-state index contributed by atoms with van der Waals surface area (Å²) in [4.78, 5) is 13.9. The van der Waals surface area contributed by atoms with E-state index in [1.165, 1.54) is 17.0 Å². The Balaban J connectivity index is 1.58. The van der Waals surface area contributed by atoms with Gasteiger partial charge in [0.05, 0.1) is 24.0 Å². The first-order valence-corrected chi connectivity index (χ1v) is 11.6. The number of nitrogens with one attached hydrogen (secondary N) is 1. The van der Waals surface area contributed by atoms with Gasteiger partial charge in [0, 0.05) is 31.3 Å². The number of nitrogens with zero attached hydrogens (tertiary/aromatic N) is 1. The highest BCUT2D eigenvalue weighted by molar-refractivity contribution is 7.92. The molecule has 2 aromatic rings. The summed E-state index contributed by atoms with van der Waals surface area (Å²) in [6.07, 6.45) is -0.542. The Kier molecular flexibility index (Phi) is 5.92. The third-order valence-corrected chi connectivity index (χ3v) is 7.10. The lowest BCUT2D eigenvalue weighted by Gasteiger charge is -2.37. The molecule has 0 aliphatic carbocycles. The molecule has 2 aliphatic heterocycles. The number of carbonyl (C=O) groups excluding carboxylic acids is 1. The second-order valence-electron chi connectivity index (χ2n) is 8.07. The number of amides is 1. The Hall–Kier alpha value is -2.62. The molecule has 0 bridgehead atoms. The molecule has 166 valence electrons. The van der Waals surface area contributed by atoms with Crippen molar-refractivity contribution in [2.45, 2.75) is 42.0 Å². The van der Waals surface area contributed by atoms with Crippen molar-refractivity contribution in [3.05, 3.63) is 54.1 Å². The number of rotatable bonds is 6. The van der Waals surface area contributed by atoms with E-state index in [4.69, 9.17) is 9.47 Å². The van der Waals surface area contributed by atoms with E-state index in [2.05, 4.69) is 4.72 Å². The van der Waals surface area contributed by atoms with Crippen molar-refractivity contribution in [3.8, 4) is 5.75 Å². The largest absolute Gasteiger partial charge is 0.487 e. The third-order valence-electron chi connectivity index (χ3n) is 5.71. The summed E-state index contributed by atoms with van der Waals surface area (Å²) in [6.45, 7) is -0.227. The quantitative estimate of drug-likeness (QED) is 0.703. The minimum Gasteiger partial charge on any atom is -0.487 e. The molecule has 0 unspecified atom stereocenters. The third kappa shape index (κ3) is 4.39. The predicted octanol–water partition coefficient (Wildman–Crippen LogP) is 1.96. The normalized spacial score (nSPS) is 24.6. The van der Waals surface area contributed by atoms with Gasteiger partial charge < -0.3 is 19.5 Å². The smallest absolute Gasteiger partial charge is 0.261 e. The fourth-order valence-electron chi connectivity index (χ4n) is 4.14. The van der Waals surface area contributed by atoms with Gasteiger partial charge in [-0.25, -0.2) is 8.42 Å². The van der Waals surface area contributed by atoms with Crippen LogP contribution in [0.3, 0.4) is 0 Å². The van der Waals surface area contributed by atoms with Crippen molar-refractivity contribution in [3.63, 3.8) is 0 Å². The molecular weight excluding hydrogens is 420 g/mol. The summed E-state index contributed by atoms with van der Waals surface area (Å²) >= 11 is 0. The maximum absolute atomic E-state index is 12.7. The van der Waals surface area contributed by atoms with Gasteiger partial charge in [-0.2, -0.15) is 0 Å². The van der Waals surface area contributed by atoms with Gasteiger partial charge in [-0.15, -0.1) is 0 Å². The van der Waals surface area contributed by atoms with E-state index in [0.29, 0.717) is 17.9 Å². The topological polar surface area (TPSA) is 105 Å². The minimum atomic E-state index is -3.72. The van der Waals surface area contributed by atoms with Gasteiger partial charge in [0.2, 0.25) is 5.91 Å². The van der Waals surface area contributed by atoms with E-state index in [0.717, 1.165) is 5.56 Å². The monoisotopic (exact) mass is 446 g/mol. The van der Waals surface area contributed by atoms with E-state index in [-0.39, 0.29) is 42.0 Å². The molecule has 2 aromatic carbocycles. The Morgan fingerprint density at radius 1 is 1.19 bits per heavy atom. The van der Waals surface area contributed by atoms with E-state index >= 15 is 0 Å². The molecule has 2 aliphatic rings. The van der Waals surface area contributed by atoms with E-state index < -0.39 is 16.1 Å². The van der Waals surface area contributed by atoms with Crippen LogP contribution in [0.25, 0.3) is 0 Å². The van der Waals surface area contributed by atoms with Crippen molar-refractivity contribution < 1.29 is 27.8 Å². The molecule has 0 saturated carbocycles. The maximum atomic E-state index is 12.7. The summed E-state index contributed by atoms with van der Waals surface area (Å²) < 4.78 is 39.9. The molecule has 4 atom stereocenters. The molecule has 1 amide bonds. The number of benzene rings is 2. The highest BCUT2D eigenvalue weighted by Crippen LogP contribution is 2.47. The first-order chi connectivity index (χ1) is 14.8. The van der Waals surface area contributed by atoms with Gasteiger partial charge in [-0.05, 0) is 36.8 Å². The Bertz CT molecular complexity index is 1060. The molecule has 1 saturated heterocycles. The van der Waals surface area contributed by atoms with Crippen molar-refractivity contribution in [1.82, 2.24) is 4.90 Å². The Labute approximate surface area is 181 Å². The Morgan fingerprint density at radius 3 is 2.61 bits per heavy atom. The van der Waals surface area contributed by atoms with Gasteiger partial charge in [0.15, 0.2) is 0 Å². The first-order valence-electron chi connectivity index (χ1n) is 10.1. The summed E-state index contributed by atoms with van der Waals surface area (Å²) in [7, 11) is -0.335. The first kappa shape index (κ1) is 21.6. The molecule has 0 spiro atoms. The van der Waals surface area contributed by atoms with Gasteiger partial charge in [-0.1, -0.05) is 18.2 Å². The second kappa shape index (κ2) is 8.49. The molecule has 2 heterocycles. The lowest BCUT2D eigenvalue weighted by atomic mass is 9.84.